The molecule has 0 saturated heterocycles. The monoisotopic (exact) mass is 257 g/mol. The Labute approximate surface area is 115 Å². The smallest absolute Gasteiger partial charge is 0.0934 e. The highest BCUT2D eigenvalue weighted by molar-refractivity contribution is 5.78. The van der Waals surface area contributed by atoms with Crippen LogP contribution in [0.3, 0.4) is 0 Å². The lowest BCUT2D eigenvalue weighted by atomic mass is 9.90. The molecule has 0 spiro atoms. The summed E-state index contributed by atoms with van der Waals surface area (Å²) in [6, 6.07) is 6.62. The van der Waals surface area contributed by atoms with Gasteiger partial charge in [-0.25, -0.2) is 0 Å². The molecular weight excluding hydrogens is 234 g/mol. The van der Waals surface area contributed by atoms with Crippen molar-refractivity contribution in [3.63, 3.8) is 0 Å². The molecule has 2 rings (SSSR count). The van der Waals surface area contributed by atoms with Gasteiger partial charge in [0.2, 0.25) is 0 Å². The molecule has 0 bridgehead atoms. The number of aromatic nitrogens is 2. The summed E-state index contributed by atoms with van der Waals surface area (Å²) in [4.78, 5) is 8.89. The Hall–Kier alpha value is -1.48. The predicted octanol–water partition coefficient (Wildman–Crippen LogP) is 3.72. The predicted molar refractivity (Wildman–Crippen MR) is 80.0 cm³/mol. The summed E-state index contributed by atoms with van der Waals surface area (Å²) in [6.45, 7) is 4.54. The molecule has 1 N–H and O–H groups in total. The Kier molecular flexibility index (Phi) is 4.86. The Morgan fingerprint density at radius 3 is 2.53 bits per heavy atom. The molecule has 102 valence electrons. The van der Waals surface area contributed by atoms with E-state index in [0.717, 1.165) is 23.4 Å². The molecule has 0 fully saturated rings. The van der Waals surface area contributed by atoms with Gasteiger partial charge in [0.25, 0.3) is 0 Å². The Bertz CT molecular complexity index is 515. The Morgan fingerprint density at radius 2 is 1.84 bits per heavy atom. The summed E-state index contributed by atoms with van der Waals surface area (Å²) in [5, 5.41) is 3.44. The molecule has 0 saturated carbocycles. The minimum absolute atomic E-state index is 0.352. The number of benzene rings is 1. The third kappa shape index (κ3) is 3.10. The number of hydrogen-bond acceptors (Lipinski definition) is 3. The number of hydrogen-bond donors (Lipinski definition) is 1. The molecule has 3 heteroatoms. The van der Waals surface area contributed by atoms with Gasteiger partial charge in [0.15, 0.2) is 0 Å². The Morgan fingerprint density at radius 1 is 1.11 bits per heavy atom. The van der Waals surface area contributed by atoms with Gasteiger partial charge in [-0.2, -0.15) is 0 Å². The molecule has 0 aliphatic heterocycles. The Balaban J connectivity index is 2.35. The molecule has 0 aliphatic carbocycles. The molecule has 0 aliphatic rings. The molecule has 2 aromatic rings. The minimum Gasteiger partial charge on any atom is -0.313 e. The zero-order valence-electron chi connectivity index (χ0n) is 12.1. The van der Waals surface area contributed by atoms with E-state index >= 15 is 0 Å². The summed E-state index contributed by atoms with van der Waals surface area (Å²) in [7, 11) is 2.03. The van der Waals surface area contributed by atoms with Gasteiger partial charge in [-0.3, -0.25) is 9.97 Å². The van der Waals surface area contributed by atoms with Gasteiger partial charge in [0.05, 0.1) is 11.0 Å². The van der Waals surface area contributed by atoms with Gasteiger partial charge in [-0.05, 0) is 31.0 Å². The van der Waals surface area contributed by atoms with E-state index in [1.165, 1.54) is 18.4 Å². The third-order valence-electron chi connectivity index (χ3n) is 3.98. The van der Waals surface area contributed by atoms with Crippen molar-refractivity contribution in [1.82, 2.24) is 15.3 Å². The first kappa shape index (κ1) is 13.9. The average molecular weight is 257 g/mol. The number of nitrogens with one attached hydrogen (secondary N) is 1. The van der Waals surface area contributed by atoms with Crippen LogP contribution in [0.25, 0.3) is 11.0 Å². The highest BCUT2D eigenvalue weighted by Gasteiger charge is 2.17. The van der Waals surface area contributed by atoms with E-state index in [9.17, 15) is 0 Å². The van der Waals surface area contributed by atoms with Gasteiger partial charge in [0.1, 0.15) is 0 Å². The summed E-state index contributed by atoms with van der Waals surface area (Å²) in [5.74, 6) is 0.754. The van der Waals surface area contributed by atoms with Crippen molar-refractivity contribution in [3.05, 3.63) is 36.2 Å². The largest absolute Gasteiger partial charge is 0.313 e. The normalized spacial score (nSPS) is 13.1. The van der Waals surface area contributed by atoms with Crippen LogP contribution in [0.2, 0.25) is 0 Å². The second-order valence-electron chi connectivity index (χ2n) is 5.03. The number of para-hydroxylation sites is 1. The van der Waals surface area contributed by atoms with E-state index < -0.39 is 0 Å². The van der Waals surface area contributed by atoms with Crippen LogP contribution in [0, 0.1) is 5.92 Å². The van der Waals surface area contributed by atoms with Gasteiger partial charge < -0.3 is 5.32 Å². The maximum atomic E-state index is 4.51. The lowest BCUT2D eigenvalue weighted by molar-refractivity contribution is 0.386. The zero-order chi connectivity index (χ0) is 13.7. The second kappa shape index (κ2) is 6.62. The maximum absolute atomic E-state index is 4.51. The van der Waals surface area contributed by atoms with Crippen LogP contribution in [-0.2, 0) is 0 Å². The first-order valence-corrected chi connectivity index (χ1v) is 7.17. The van der Waals surface area contributed by atoms with E-state index in [1.807, 2.05) is 13.1 Å². The minimum atomic E-state index is 0.352. The van der Waals surface area contributed by atoms with Crippen LogP contribution < -0.4 is 5.32 Å². The van der Waals surface area contributed by atoms with Crippen LogP contribution in [-0.4, -0.2) is 17.0 Å². The van der Waals surface area contributed by atoms with Crippen molar-refractivity contribution >= 4 is 11.0 Å². The summed E-state index contributed by atoms with van der Waals surface area (Å²) in [6.07, 6.45) is 7.13. The topological polar surface area (TPSA) is 37.8 Å². The van der Waals surface area contributed by atoms with Crippen molar-refractivity contribution < 1.29 is 0 Å². The summed E-state index contributed by atoms with van der Waals surface area (Å²) < 4.78 is 0. The quantitative estimate of drug-likeness (QED) is 0.857. The molecule has 1 unspecified atom stereocenters. The summed E-state index contributed by atoms with van der Waals surface area (Å²) >= 11 is 0. The van der Waals surface area contributed by atoms with Crippen LogP contribution >= 0.6 is 0 Å². The fraction of sp³-hybridized carbons (Fsp3) is 0.500. The van der Waals surface area contributed by atoms with Crippen LogP contribution in [0.15, 0.2) is 30.6 Å². The molecule has 1 aromatic carbocycles. The van der Waals surface area contributed by atoms with Gasteiger partial charge >= 0.3 is 0 Å². The molecule has 1 aromatic heterocycles. The van der Waals surface area contributed by atoms with Crippen molar-refractivity contribution in [2.24, 2.45) is 5.92 Å². The standard InChI is InChI=1S/C16H23N3/c1-4-12(5-2)11-15(17-3)13-7-6-8-14-16(13)19-10-9-18-14/h6-10,12,15,17H,4-5,11H2,1-3H3. The van der Waals surface area contributed by atoms with Crippen LogP contribution in [0.4, 0.5) is 0 Å². The number of nitrogens with zero attached hydrogens (tertiary/aromatic N) is 2. The maximum Gasteiger partial charge on any atom is 0.0934 e. The second-order valence-corrected chi connectivity index (χ2v) is 5.03. The van der Waals surface area contributed by atoms with Crippen molar-refractivity contribution in [2.75, 3.05) is 7.05 Å². The van der Waals surface area contributed by atoms with Crippen molar-refractivity contribution in [1.29, 1.82) is 0 Å². The van der Waals surface area contributed by atoms with E-state index in [1.54, 1.807) is 12.4 Å². The molecular formula is C16H23N3. The van der Waals surface area contributed by atoms with Gasteiger partial charge in [-0.15, -0.1) is 0 Å². The van der Waals surface area contributed by atoms with E-state index in [2.05, 4.69) is 41.3 Å². The fourth-order valence-corrected chi connectivity index (χ4v) is 2.65. The molecule has 3 nitrogen and oxygen atoms in total. The van der Waals surface area contributed by atoms with Crippen LogP contribution in [0.5, 0.6) is 0 Å². The molecule has 1 heterocycles. The molecule has 19 heavy (non-hydrogen) atoms. The number of rotatable bonds is 6. The van der Waals surface area contributed by atoms with Crippen molar-refractivity contribution in [3.8, 4) is 0 Å². The molecule has 1 atom stereocenters. The molecule has 0 amide bonds. The lowest BCUT2D eigenvalue weighted by Gasteiger charge is -2.22. The molecule has 0 radical (unpaired) electrons. The first-order valence-electron chi connectivity index (χ1n) is 7.17. The van der Waals surface area contributed by atoms with E-state index in [4.69, 9.17) is 0 Å². The van der Waals surface area contributed by atoms with Crippen LogP contribution in [0.1, 0.15) is 44.7 Å². The van der Waals surface area contributed by atoms with E-state index in [0.29, 0.717) is 6.04 Å². The van der Waals surface area contributed by atoms with Gasteiger partial charge in [0, 0.05) is 18.4 Å². The van der Waals surface area contributed by atoms with E-state index in [-0.39, 0.29) is 0 Å². The van der Waals surface area contributed by atoms with Crippen molar-refractivity contribution in [2.45, 2.75) is 39.2 Å². The zero-order valence-corrected chi connectivity index (χ0v) is 12.1. The number of fused-ring (bicyclic) bond motifs is 1. The SMILES string of the molecule is CCC(CC)CC(NC)c1cccc2nccnc12. The lowest BCUT2D eigenvalue weighted by Crippen LogP contribution is -2.20. The summed E-state index contributed by atoms with van der Waals surface area (Å²) in [5.41, 5.74) is 3.26. The highest BCUT2D eigenvalue weighted by atomic mass is 14.9. The first-order chi connectivity index (χ1) is 9.30. The third-order valence-corrected chi connectivity index (χ3v) is 3.98. The fourth-order valence-electron chi connectivity index (χ4n) is 2.65. The average Bonchev–Trinajstić information content (AvgIpc) is 2.48. The highest BCUT2D eigenvalue weighted by Crippen LogP contribution is 2.28. The van der Waals surface area contributed by atoms with Gasteiger partial charge in [-0.1, -0.05) is 38.8 Å².